The van der Waals surface area contributed by atoms with Crippen LogP contribution in [0.4, 0.5) is 5.69 Å². The van der Waals surface area contributed by atoms with Gasteiger partial charge < -0.3 is 5.11 Å². The monoisotopic (exact) mass is 261 g/mol. The molecule has 0 aromatic heterocycles. The van der Waals surface area contributed by atoms with Gasteiger partial charge in [-0.05, 0) is 12.5 Å². The van der Waals surface area contributed by atoms with Gasteiger partial charge in [0.25, 0.3) is 5.69 Å². The molecular weight excluding hydrogens is 250 g/mol. The van der Waals surface area contributed by atoms with Gasteiger partial charge in [-0.2, -0.15) is 5.10 Å². The number of non-ortho nitro benzene ring substituents is 1. The number of carboxylic acids is 1. The first kappa shape index (κ1) is 12.7. The summed E-state index contributed by atoms with van der Waals surface area (Å²) in [5.41, 5.74) is 3.64. The van der Waals surface area contributed by atoms with Crippen LogP contribution < -0.4 is 5.43 Å². The fraction of sp³-hybridized carbons (Fsp3) is 0.167. The molecule has 1 heterocycles. The first-order valence-electron chi connectivity index (χ1n) is 5.48. The predicted molar refractivity (Wildman–Crippen MR) is 67.8 cm³/mol. The summed E-state index contributed by atoms with van der Waals surface area (Å²) >= 11 is 0. The fourth-order valence-corrected chi connectivity index (χ4v) is 1.85. The van der Waals surface area contributed by atoms with Gasteiger partial charge >= 0.3 is 5.97 Å². The lowest BCUT2D eigenvalue weighted by molar-refractivity contribution is -0.384. The molecule has 0 bridgehead atoms. The van der Waals surface area contributed by atoms with Gasteiger partial charge in [0.1, 0.15) is 0 Å². The van der Waals surface area contributed by atoms with Crippen molar-refractivity contribution in [3.63, 3.8) is 0 Å². The molecule has 1 unspecified atom stereocenters. The molecule has 0 radical (unpaired) electrons. The zero-order chi connectivity index (χ0) is 14.0. The zero-order valence-electron chi connectivity index (χ0n) is 10.0. The highest BCUT2D eigenvalue weighted by atomic mass is 16.6. The summed E-state index contributed by atoms with van der Waals surface area (Å²) in [6.07, 6.45) is 1.68. The molecule has 0 spiro atoms. The number of nitrogens with zero attached hydrogens (tertiary/aromatic N) is 2. The Balaban J connectivity index is 2.45. The molecule has 0 aliphatic carbocycles. The number of nitro groups is 1. The smallest absolute Gasteiger partial charge is 0.353 e. The Morgan fingerprint density at radius 1 is 1.53 bits per heavy atom. The number of hydrogen-bond donors (Lipinski definition) is 2. The molecule has 1 aliphatic rings. The fourth-order valence-electron chi connectivity index (χ4n) is 1.85. The topological polar surface area (TPSA) is 105 Å². The van der Waals surface area contributed by atoms with Crippen molar-refractivity contribution in [1.29, 1.82) is 0 Å². The molecule has 1 aliphatic heterocycles. The third-order valence-corrected chi connectivity index (χ3v) is 2.72. The van der Waals surface area contributed by atoms with E-state index in [-0.39, 0.29) is 11.4 Å². The molecule has 1 aromatic carbocycles. The summed E-state index contributed by atoms with van der Waals surface area (Å²) in [5, 5.41) is 23.6. The lowest BCUT2D eigenvalue weighted by Crippen LogP contribution is -2.28. The minimum Gasteiger partial charge on any atom is -0.477 e. The van der Waals surface area contributed by atoms with Crippen molar-refractivity contribution in [2.24, 2.45) is 5.10 Å². The highest BCUT2D eigenvalue weighted by Gasteiger charge is 2.26. The summed E-state index contributed by atoms with van der Waals surface area (Å²) in [7, 11) is 0. The average Bonchev–Trinajstić information content (AvgIpc) is 2.38. The van der Waals surface area contributed by atoms with Crippen LogP contribution in [-0.2, 0) is 4.79 Å². The van der Waals surface area contributed by atoms with Crippen molar-refractivity contribution in [3.05, 3.63) is 51.7 Å². The van der Waals surface area contributed by atoms with Crippen molar-refractivity contribution in [3.8, 4) is 0 Å². The van der Waals surface area contributed by atoms with Gasteiger partial charge in [0.15, 0.2) is 5.71 Å². The maximum Gasteiger partial charge on any atom is 0.353 e. The van der Waals surface area contributed by atoms with Crippen LogP contribution >= 0.6 is 0 Å². The van der Waals surface area contributed by atoms with Crippen LogP contribution in [0.2, 0.25) is 0 Å². The molecule has 2 N–H and O–H groups in total. The quantitative estimate of drug-likeness (QED) is 0.635. The van der Waals surface area contributed by atoms with Crippen molar-refractivity contribution in [2.75, 3.05) is 0 Å². The average molecular weight is 261 g/mol. The van der Waals surface area contributed by atoms with E-state index >= 15 is 0 Å². The number of aliphatic carboxylic acids is 1. The number of hydrogen-bond acceptors (Lipinski definition) is 5. The van der Waals surface area contributed by atoms with E-state index in [1.807, 2.05) is 0 Å². The van der Waals surface area contributed by atoms with Crippen LogP contribution in [-0.4, -0.2) is 21.7 Å². The molecule has 0 saturated heterocycles. The molecule has 0 amide bonds. The Labute approximate surface area is 108 Å². The van der Waals surface area contributed by atoms with Gasteiger partial charge in [0.05, 0.1) is 10.8 Å². The first-order valence-corrected chi connectivity index (χ1v) is 5.48. The first-order chi connectivity index (χ1) is 8.99. The van der Waals surface area contributed by atoms with Gasteiger partial charge in [-0.3, -0.25) is 15.5 Å². The highest BCUT2D eigenvalue weighted by Crippen LogP contribution is 2.26. The van der Waals surface area contributed by atoms with Gasteiger partial charge in [0, 0.05) is 17.8 Å². The number of nitro benzene ring substituents is 1. The van der Waals surface area contributed by atoms with Crippen molar-refractivity contribution in [1.82, 2.24) is 5.43 Å². The zero-order valence-corrected chi connectivity index (χ0v) is 10.0. The van der Waals surface area contributed by atoms with E-state index in [1.54, 1.807) is 19.1 Å². The number of rotatable bonds is 3. The third kappa shape index (κ3) is 2.59. The van der Waals surface area contributed by atoms with Crippen LogP contribution in [0.1, 0.15) is 18.4 Å². The Kier molecular flexibility index (Phi) is 3.28. The van der Waals surface area contributed by atoms with E-state index in [2.05, 4.69) is 10.5 Å². The minimum absolute atomic E-state index is 0.0770. The number of carboxylic acid groups (broad SMARTS) is 1. The lowest BCUT2D eigenvalue weighted by atomic mass is 9.92. The van der Waals surface area contributed by atoms with Crippen molar-refractivity contribution < 1.29 is 14.8 Å². The van der Waals surface area contributed by atoms with Crippen LogP contribution in [0.3, 0.4) is 0 Å². The van der Waals surface area contributed by atoms with Crippen molar-refractivity contribution >= 4 is 17.4 Å². The largest absolute Gasteiger partial charge is 0.477 e. The van der Waals surface area contributed by atoms with E-state index in [0.717, 1.165) is 0 Å². The van der Waals surface area contributed by atoms with E-state index in [0.29, 0.717) is 11.3 Å². The number of nitrogens with one attached hydrogen (secondary N) is 1. The summed E-state index contributed by atoms with van der Waals surface area (Å²) < 4.78 is 0. The van der Waals surface area contributed by atoms with E-state index in [9.17, 15) is 14.9 Å². The molecule has 98 valence electrons. The predicted octanol–water partition coefficient (Wildman–Crippen LogP) is 1.63. The van der Waals surface area contributed by atoms with E-state index in [4.69, 9.17) is 5.11 Å². The molecule has 2 rings (SSSR count). The normalized spacial score (nSPS) is 18.1. The minimum atomic E-state index is -1.16. The second-order valence-electron chi connectivity index (χ2n) is 4.09. The van der Waals surface area contributed by atoms with Gasteiger partial charge in [0.2, 0.25) is 0 Å². The Morgan fingerprint density at radius 3 is 2.89 bits per heavy atom. The van der Waals surface area contributed by atoms with E-state index < -0.39 is 16.8 Å². The standard InChI is InChI=1S/C12H11N3O4/c1-7-5-10(11(12(16)17)14-13-7)8-3-2-4-9(6-8)15(18)19/h2-6,10,13H,1H3,(H,16,17). The molecule has 0 fully saturated rings. The number of hydrazone groups is 1. The van der Waals surface area contributed by atoms with Gasteiger partial charge in [-0.25, -0.2) is 4.79 Å². The van der Waals surface area contributed by atoms with Crippen LogP contribution in [0.25, 0.3) is 0 Å². The molecule has 0 saturated carbocycles. The van der Waals surface area contributed by atoms with Gasteiger partial charge in [-0.15, -0.1) is 0 Å². The van der Waals surface area contributed by atoms with Crippen molar-refractivity contribution in [2.45, 2.75) is 12.8 Å². The molecular formula is C12H11N3O4. The Morgan fingerprint density at radius 2 is 2.26 bits per heavy atom. The molecule has 1 atom stereocenters. The summed E-state index contributed by atoms with van der Waals surface area (Å²) in [5.74, 6) is -1.76. The molecule has 1 aromatic rings. The Hall–Kier alpha value is -2.70. The Bertz CT molecular complexity index is 607. The second-order valence-corrected chi connectivity index (χ2v) is 4.09. The van der Waals surface area contributed by atoms with E-state index in [1.165, 1.54) is 18.2 Å². The third-order valence-electron chi connectivity index (χ3n) is 2.72. The highest BCUT2D eigenvalue weighted by molar-refractivity contribution is 6.38. The summed E-state index contributed by atoms with van der Waals surface area (Å²) in [4.78, 5) is 21.4. The second kappa shape index (κ2) is 4.89. The lowest BCUT2D eigenvalue weighted by Gasteiger charge is -2.19. The molecule has 7 heteroatoms. The van der Waals surface area contributed by atoms with Crippen LogP contribution in [0, 0.1) is 10.1 Å². The maximum atomic E-state index is 11.1. The number of benzene rings is 1. The molecule has 19 heavy (non-hydrogen) atoms. The number of allylic oxidation sites excluding steroid dienone is 2. The summed E-state index contributed by atoms with van der Waals surface area (Å²) in [6.45, 7) is 1.74. The van der Waals surface area contributed by atoms with Crippen LogP contribution in [0.5, 0.6) is 0 Å². The van der Waals surface area contributed by atoms with Gasteiger partial charge in [-0.1, -0.05) is 18.2 Å². The maximum absolute atomic E-state index is 11.1. The van der Waals surface area contributed by atoms with Crippen LogP contribution in [0.15, 0.2) is 41.1 Å². The molecule has 7 nitrogen and oxygen atoms in total. The summed E-state index contributed by atoms with van der Waals surface area (Å²) in [6, 6.07) is 5.89. The SMILES string of the molecule is CC1=CC(c2cccc([N+](=O)[O-])c2)C(C(=O)O)=NN1. The number of carbonyl (C=O) groups is 1.